The van der Waals surface area contributed by atoms with Crippen LogP contribution in [0.5, 0.6) is 0 Å². The van der Waals surface area contributed by atoms with E-state index in [1.165, 1.54) is 39.8 Å². The summed E-state index contributed by atoms with van der Waals surface area (Å²) in [7, 11) is 0. The number of hydrogen-bond acceptors (Lipinski definition) is 0. The first-order valence-electron chi connectivity index (χ1n) is 6.55. The van der Waals surface area contributed by atoms with Gasteiger partial charge in [0.25, 0.3) is 0 Å². The summed E-state index contributed by atoms with van der Waals surface area (Å²) in [6.07, 6.45) is 1.20. The number of fused-ring (bicyclic) bond motifs is 1. The summed E-state index contributed by atoms with van der Waals surface area (Å²) in [6, 6.07) is 9.22. The third-order valence-corrected chi connectivity index (χ3v) is 3.97. The molecule has 0 aromatic rings. The third kappa shape index (κ3) is 2.09. The van der Waals surface area contributed by atoms with Gasteiger partial charge in [-0.25, -0.2) is 0 Å². The Hall–Kier alpha value is -1.30. The summed E-state index contributed by atoms with van der Waals surface area (Å²) in [4.78, 5) is 0. The predicted octanol–water partition coefficient (Wildman–Crippen LogP) is 5.23. The lowest BCUT2D eigenvalue weighted by Crippen LogP contribution is -1.92. The maximum absolute atomic E-state index is 2.40. The second-order valence-electron chi connectivity index (χ2n) is 5.26. The van der Waals surface area contributed by atoms with Gasteiger partial charge < -0.3 is 0 Å². The highest BCUT2D eigenvalue weighted by Gasteiger charge is 2.13. The maximum Gasteiger partial charge on any atom is -0.0149 e. The van der Waals surface area contributed by atoms with Crippen LogP contribution in [0.1, 0.15) is 48.4 Å². The van der Waals surface area contributed by atoms with Gasteiger partial charge in [0, 0.05) is 0 Å². The van der Waals surface area contributed by atoms with Crippen molar-refractivity contribution in [2.45, 2.75) is 47.0 Å². The molecular formula is C17H22. The van der Waals surface area contributed by atoms with E-state index in [9.17, 15) is 0 Å². The van der Waals surface area contributed by atoms with Crippen LogP contribution in [0.25, 0.3) is 11.1 Å². The lowest BCUT2D eigenvalue weighted by atomic mass is 9.95. The SMILES string of the molecule is CCC(C)c1cc2c(C)ccc-2c(C)cc1C. The largest absolute Gasteiger partial charge is 0.0648 e. The first-order chi connectivity index (χ1) is 8.04. The molecule has 0 heterocycles. The van der Waals surface area contributed by atoms with Crippen molar-refractivity contribution in [1.29, 1.82) is 0 Å². The summed E-state index contributed by atoms with van der Waals surface area (Å²) < 4.78 is 0. The van der Waals surface area contributed by atoms with Crippen LogP contribution in [0.15, 0.2) is 24.3 Å². The Morgan fingerprint density at radius 2 is 1.59 bits per heavy atom. The highest BCUT2D eigenvalue weighted by Crippen LogP contribution is 2.34. The molecule has 0 radical (unpaired) electrons. The van der Waals surface area contributed by atoms with E-state index in [-0.39, 0.29) is 0 Å². The molecule has 2 aliphatic carbocycles. The molecule has 0 bridgehead atoms. The summed E-state index contributed by atoms with van der Waals surface area (Å²) in [5, 5.41) is 0. The van der Waals surface area contributed by atoms with E-state index in [0.717, 1.165) is 0 Å². The van der Waals surface area contributed by atoms with Crippen molar-refractivity contribution in [3.63, 3.8) is 0 Å². The van der Waals surface area contributed by atoms with E-state index < -0.39 is 0 Å². The van der Waals surface area contributed by atoms with E-state index >= 15 is 0 Å². The highest BCUT2D eigenvalue weighted by atomic mass is 14.2. The summed E-state index contributed by atoms with van der Waals surface area (Å²) in [5.74, 6) is 0.638. The Labute approximate surface area is 105 Å². The quantitative estimate of drug-likeness (QED) is 0.657. The molecule has 1 atom stereocenters. The zero-order valence-corrected chi connectivity index (χ0v) is 11.6. The smallest absolute Gasteiger partial charge is 0.0149 e. The molecule has 0 N–H and O–H groups in total. The Morgan fingerprint density at radius 1 is 0.882 bits per heavy atom. The molecule has 0 aromatic carbocycles. The molecule has 17 heavy (non-hydrogen) atoms. The Morgan fingerprint density at radius 3 is 2.24 bits per heavy atom. The zero-order chi connectivity index (χ0) is 12.6. The third-order valence-electron chi connectivity index (χ3n) is 3.97. The Kier molecular flexibility index (Phi) is 3.24. The van der Waals surface area contributed by atoms with Crippen molar-refractivity contribution in [2.75, 3.05) is 0 Å². The monoisotopic (exact) mass is 226 g/mol. The lowest BCUT2D eigenvalue weighted by molar-refractivity contribution is 0.729. The molecular weight excluding hydrogens is 204 g/mol. The number of rotatable bonds is 2. The fourth-order valence-electron chi connectivity index (χ4n) is 2.64. The van der Waals surface area contributed by atoms with Gasteiger partial charge in [0.05, 0.1) is 0 Å². The molecule has 1 unspecified atom stereocenters. The number of hydrogen-bond donors (Lipinski definition) is 0. The van der Waals surface area contributed by atoms with Crippen LogP contribution < -0.4 is 0 Å². The predicted molar refractivity (Wildman–Crippen MR) is 76.0 cm³/mol. The van der Waals surface area contributed by atoms with Crippen molar-refractivity contribution < 1.29 is 0 Å². The molecule has 90 valence electrons. The summed E-state index contributed by atoms with van der Waals surface area (Å²) in [6.45, 7) is 11.2. The van der Waals surface area contributed by atoms with Crippen molar-refractivity contribution in [3.8, 4) is 11.1 Å². The van der Waals surface area contributed by atoms with E-state index in [2.05, 4.69) is 58.9 Å². The highest BCUT2D eigenvalue weighted by molar-refractivity contribution is 5.74. The topological polar surface area (TPSA) is 0 Å². The molecule has 2 rings (SSSR count). The molecule has 0 aromatic heterocycles. The second kappa shape index (κ2) is 4.52. The van der Waals surface area contributed by atoms with Crippen molar-refractivity contribution >= 4 is 0 Å². The minimum Gasteiger partial charge on any atom is -0.0648 e. The van der Waals surface area contributed by atoms with Gasteiger partial charge in [-0.15, -0.1) is 0 Å². The van der Waals surface area contributed by atoms with Gasteiger partial charge in [-0.1, -0.05) is 38.1 Å². The van der Waals surface area contributed by atoms with Gasteiger partial charge in [0.1, 0.15) is 0 Å². The molecule has 0 saturated heterocycles. The lowest BCUT2D eigenvalue weighted by Gasteiger charge is -2.10. The van der Waals surface area contributed by atoms with Crippen LogP contribution in [0.2, 0.25) is 0 Å². The van der Waals surface area contributed by atoms with Gasteiger partial charge >= 0.3 is 0 Å². The van der Waals surface area contributed by atoms with Gasteiger partial charge in [-0.05, 0) is 66.5 Å². The van der Waals surface area contributed by atoms with Crippen LogP contribution in [0.3, 0.4) is 0 Å². The average molecular weight is 226 g/mol. The van der Waals surface area contributed by atoms with Gasteiger partial charge in [0.2, 0.25) is 0 Å². The minimum absolute atomic E-state index is 0.638. The molecule has 0 saturated carbocycles. The molecule has 0 aliphatic heterocycles. The van der Waals surface area contributed by atoms with E-state index in [1.54, 1.807) is 0 Å². The van der Waals surface area contributed by atoms with Crippen LogP contribution in [0.4, 0.5) is 0 Å². The molecule has 0 spiro atoms. The van der Waals surface area contributed by atoms with E-state index in [4.69, 9.17) is 0 Å². The zero-order valence-electron chi connectivity index (χ0n) is 11.6. The van der Waals surface area contributed by atoms with Crippen LogP contribution >= 0.6 is 0 Å². The summed E-state index contributed by atoms with van der Waals surface area (Å²) >= 11 is 0. The maximum atomic E-state index is 2.40. The second-order valence-corrected chi connectivity index (χ2v) is 5.26. The van der Waals surface area contributed by atoms with E-state index in [0.29, 0.717) is 5.92 Å². The Balaban J connectivity index is 2.74. The normalized spacial score (nSPS) is 13.0. The van der Waals surface area contributed by atoms with Crippen LogP contribution in [-0.2, 0) is 0 Å². The first kappa shape index (κ1) is 12.2. The van der Waals surface area contributed by atoms with Gasteiger partial charge in [-0.3, -0.25) is 0 Å². The van der Waals surface area contributed by atoms with E-state index in [1.807, 2.05) is 0 Å². The molecule has 0 nitrogen and oxygen atoms in total. The van der Waals surface area contributed by atoms with Crippen LogP contribution in [0, 0.1) is 20.8 Å². The molecule has 0 fully saturated rings. The van der Waals surface area contributed by atoms with Crippen molar-refractivity contribution in [2.24, 2.45) is 0 Å². The summed E-state index contributed by atoms with van der Waals surface area (Å²) in [5.41, 5.74) is 8.53. The van der Waals surface area contributed by atoms with Gasteiger partial charge in [0.15, 0.2) is 0 Å². The number of aryl methyl sites for hydroxylation is 3. The molecule has 0 heteroatoms. The molecule has 0 amide bonds. The standard InChI is InChI=1S/C17H22/c1-6-11(2)16-10-17-12(3)7-8-15(17)13(4)9-14(16)5/h7-11H,6H2,1-5H3. The van der Waals surface area contributed by atoms with Crippen LogP contribution in [-0.4, -0.2) is 0 Å². The first-order valence-corrected chi connectivity index (χ1v) is 6.55. The Bertz CT molecular complexity index is 508. The van der Waals surface area contributed by atoms with Crippen molar-refractivity contribution in [3.05, 3.63) is 46.5 Å². The fraction of sp³-hybridized carbons (Fsp3) is 0.412. The molecule has 2 aliphatic rings. The fourth-order valence-corrected chi connectivity index (χ4v) is 2.64. The average Bonchev–Trinajstić information content (AvgIpc) is 2.60. The van der Waals surface area contributed by atoms with Gasteiger partial charge in [-0.2, -0.15) is 0 Å². The minimum atomic E-state index is 0.638. The van der Waals surface area contributed by atoms with Crippen molar-refractivity contribution in [1.82, 2.24) is 0 Å².